The summed E-state index contributed by atoms with van der Waals surface area (Å²) in [6.45, 7) is 10.2. The molecule has 0 spiro atoms. The maximum Gasteiger partial charge on any atom is 0.134 e. The fourth-order valence-electron chi connectivity index (χ4n) is 1.43. The minimum Gasteiger partial charge on any atom is -0.492 e. The molecular formula is C16H24Br2O2. The summed E-state index contributed by atoms with van der Waals surface area (Å²) in [6.07, 6.45) is 2.24. The standard InChI is InChI=1S/C16H24Br2O2/c1-5-11(3)9-19-15-7-14(18)16(8-13(15)17)20-10-12(4)6-2/h7-8,11-12H,5-6,9-10H2,1-4H3. The van der Waals surface area contributed by atoms with Gasteiger partial charge in [-0.15, -0.1) is 0 Å². The molecule has 0 aliphatic rings. The Morgan fingerprint density at radius 2 is 1.20 bits per heavy atom. The molecule has 4 heteroatoms. The zero-order chi connectivity index (χ0) is 15.1. The molecular weight excluding hydrogens is 384 g/mol. The van der Waals surface area contributed by atoms with Crippen LogP contribution in [-0.2, 0) is 0 Å². The molecule has 2 unspecified atom stereocenters. The van der Waals surface area contributed by atoms with Gasteiger partial charge < -0.3 is 9.47 Å². The first-order valence-corrected chi connectivity index (χ1v) is 8.81. The molecule has 0 saturated heterocycles. The highest BCUT2D eigenvalue weighted by atomic mass is 79.9. The fourth-order valence-corrected chi connectivity index (χ4v) is 2.31. The highest BCUT2D eigenvalue weighted by Crippen LogP contribution is 2.36. The molecule has 0 bridgehead atoms. The third-order valence-electron chi connectivity index (χ3n) is 3.43. The van der Waals surface area contributed by atoms with E-state index in [1.165, 1.54) is 0 Å². The summed E-state index contributed by atoms with van der Waals surface area (Å²) < 4.78 is 13.5. The second-order valence-electron chi connectivity index (χ2n) is 5.36. The Kier molecular flexibility index (Phi) is 7.96. The lowest BCUT2D eigenvalue weighted by atomic mass is 10.1. The van der Waals surface area contributed by atoms with Crippen molar-refractivity contribution in [2.45, 2.75) is 40.5 Å². The SMILES string of the molecule is CCC(C)COc1cc(Br)c(OCC(C)CC)cc1Br. The lowest BCUT2D eigenvalue weighted by molar-refractivity contribution is 0.248. The van der Waals surface area contributed by atoms with Crippen LogP contribution in [-0.4, -0.2) is 13.2 Å². The van der Waals surface area contributed by atoms with Gasteiger partial charge in [0.2, 0.25) is 0 Å². The Labute approximate surface area is 139 Å². The minimum absolute atomic E-state index is 0.557. The molecule has 0 fully saturated rings. The zero-order valence-corrected chi connectivity index (χ0v) is 15.9. The number of halogens is 2. The van der Waals surface area contributed by atoms with Crippen LogP contribution < -0.4 is 9.47 Å². The van der Waals surface area contributed by atoms with Crippen LogP contribution in [0.1, 0.15) is 40.5 Å². The average Bonchev–Trinajstić information content (AvgIpc) is 2.45. The molecule has 2 nitrogen and oxygen atoms in total. The largest absolute Gasteiger partial charge is 0.492 e. The van der Waals surface area contributed by atoms with E-state index >= 15 is 0 Å². The Balaban J connectivity index is 2.70. The summed E-state index contributed by atoms with van der Waals surface area (Å²) in [6, 6.07) is 3.94. The van der Waals surface area contributed by atoms with E-state index in [0.717, 1.165) is 46.5 Å². The predicted molar refractivity (Wildman–Crippen MR) is 91.7 cm³/mol. The fraction of sp³-hybridized carbons (Fsp3) is 0.625. The van der Waals surface area contributed by atoms with Crippen molar-refractivity contribution >= 4 is 31.9 Å². The number of benzene rings is 1. The van der Waals surface area contributed by atoms with Gasteiger partial charge in [0.05, 0.1) is 22.2 Å². The monoisotopic (exact) mass is 406 g/mol. The Morgan fingerprint density at radius 1 is 0.850 bits per heavy atom. The third kappa shape index (κ3) is 5.65. The van der Waals surface area contributed by atoms with Crippen LogP contribution in [0.2, 0.25) is 0 Å². The van der Waals surface area contributed by atoms with E-state index in [9.17, 15) is 0 Å². The van der Waals surface area contributed by atoms with Crippen molar-refractivity contribution in [3.63, 3.8) is 0 Å². The lowest BCUT2D eigenvalue weighted by Gasteiger charge is -2.16. The van der Waals surface area contributed by atoms with Crippen LogP contribution in [0.4, 0.5) is 0 Å². The van der Waals surface area contributed by atoms with Crippen LogP contribution in [0, 0.1) is 11.8 Å². The molecule has 0 radical (unpaired) electrons. The van der Waals surface area contributed by atoms with E-state index in [2.05, 4.69) is 59.6 Å². The van der Waals surface area contributed by atoms with Crippen molar-refractivity contribution in [3.8, 4) is 11.5 Å². The van der Waals surface area contributed by atoms with E-state index in [-0.39, 0.29) is 0 Å². The first-order valence-electron chi connectivity index (χ1n) is 7.22. The molecule has 0 N–H and O–H groups in total. The van der Waals surface area contributed by atoms with Gasteiger partial charge in [-0.05, 0) is 55.8 Å². The van der Waals surface area contributed by atoms with E-state index in [1.54, 1.807) is 0 Å². The number of hydrogen-bond donors (Lipinski definition) is 0. The Morgan fingerprint density at radius 3 is 1.50 bits per heavy atom. The van der Waals surface area contributed by atoms with Crippen molar-refractivity contribution in [1.29, 1.82) is 0 Å². The molecule has 1 rings (SSSR count). The molecule has 0 saturated carbocycles. The average molecular weight is 408 g/mol. The molecule has 0 heterocycles. The van der Waals surface area contributed by atoms with Gasteiger partial charge >= 0.3 is 0 Å². The molecule has 1 aromatic carbocycles. The van der Waals surface area contributed by atoms with Gasteiger partial charge in [0, 0.05) is 0 Å². The summed E-state index contributed by atoms with van der Waals surface area (Å²) in [4.78, 5) is 0. The quantitative estimate of drug-likeness (QED) is 0.521. The number of rotatable bonds is 8. The van der Waals surface area contributed by atoms with Crippen LogP contribution in [0.5, 0.6) is 11.5 Å². The van der Waals surface area contributed by atoms with Crippen molar-refractivity contribution in [2.75, 3.05) is 13.2 Å². The smallest absolute Gasteiger partial charge is 0.134 e. The summed E-state index contributed by atoms with van der Waals surface area (Å²) >= 11 is 7.10. The van der Waals surface area contributed by atoms with Crippen LogP contribution >= 0.6 is 31.9 Å². The van der Waals surface area contributed by atoms with Gasteiger partial charge in [-0.3, -0.25) is 0 Å². The van der Waals surface area contributed by atoms with Crippen LogP contribution in [0.15, 0.2) is 21.1 Å². The highest BCUT2D eigenvalue weighted by Gasteiger charge is 2.11. The second kappa shape index (κ2) is 8.93. The second-order valence-corrected chi connectivity index (χ2v) is 7.07. The molecule has 20 heavy (non-hydrogen) atoms. The molecule has 2 atom stereocenters. The van der Waals surface area contributed by atoms with Gasteiger partial charge in [-0.2, -0.15) is 0 Å². The normalized spacial score (nSPS) is 13.9. The van der Waals surface area contributed by atoms with Crippen molar-refractivity contribution in [1.82, 2.24) is 0 Å². The van der Waals surface area contributed by atoms with Crippen LogP contribution in [0.3, 0.4) is 0 Å². The number of ether oxygens (including phenoxy) is 2. The maximum atomic E-state index is 5.84. The summed E-state index contributed by atoms with van der Waals surface area (Å²) in [5.74, 6) is 2.82. The van der Waals surface area contributed by atoms with E-state index in [4.69, 9.17) is 9.47 Å². The first kappa shape index (κ1) is 17.8. The van der Waals surface area contributed by atoms with Crippen molar-refractivity contribution < 1.29 is 9.47 Å². The topological polar surface area (TPSA) is 18.5 Å². The van der Waals surface area contributed by atoms with E-state index in [1.807, 2.05) is 12.1 Å². The minimum atomic E-state index is 0.557. The van der Waals surface area contributed by atoms with Crippen molar-refractivity contribution in [2.24, 2.45) is 11.8 Å². The van der Waals surface area contributed by atoms with E-state index < -0.39 is 0 Å². The van der Waals surface area contributed by atoms with Crippen LogP contribution in [0.25, 0.3) is 0 Å². The van der Waals surface area contributed by atoms with Gasteiger partial charge in [0.15, 0.2) is 0 Å². The molecule has 114 valence electrons. The van der Waals surface area contributed by atoms with Gasteiger partial charge in [-0.1, -0.05) is 40.5 Å². The maximum absolute atomic E-state index is 5.84. The predicted octanol–water partition coefficient (Wildman–Crippen LogP) is 6.06. The Bertz CT molecular complexity index is 381. The van der Waals surface area contributed by atoms with E-state index in [0.29, 0.717) is 11.8 Å². The Hall–Kier alpha value is -0.220. The lowest BCUT2D eigenvalue weighted by Crippen LogP contribution is -2.09. The zero-order valence-electron chi connectivity index (χ0n) is 12.7. The first-order chi connectivity index (χ1) is 9.47. The molecule has 1 aromatic rings. The molecule has 0 aromatic heterocycles. The summed E-state index contributed by atoms with van der Waals surface area (Å²) in [7, 11) is 0. The summed E-state index contributed by atoms with van der Waals surface area (Å²) in [5, 5.41) is 0. The van der Waals surface area contributed by atoms with Gasteiger partial charge in [-0.25, -0.2) is 0 Å². The highest BCUT2D eigenvalue weighted by molar-refractivity contribution is 9.11. The third-order valence-corrected chi connectivity index (χ3v) is 4.67. The molecule has 0 aliphatic heterocycles. The van der Waals surface area contributed by atoms with Gasteiger partial charge in [0.25, 0.3) is 0 Å². The summed E-state index contributed by atoms with van der Waals surface area (Å²) in [5.41, 5.74) is 0. The van der Waals surface area contributed by atoms with Crippen molar-refractivity contribution in [3.05, 3.63) is 21.1 Å². The molecule has 0 amide bonds. The van der Waals surface area contributed by atoms with Gasteiger partial charge in [0.1, 0.15) is 11.5 Å². The number of hydrogen-bond acceptors (Lipinski definition) is 2. The molecule has 0 aliphatic carbocycles.